The molecule has 1 aliphatic heterocycles. The molecule has 0 saturated carbocycles. The summed E-state index contributed by atoms with van der Waals surface area (Å²) < 4.78 is 9.69. The first-order valence-corrected chi connectivity index (χ1v) is 9.18. The van der Waals surface area contributed by atoms with E-state index in [1.54, 1.807) is 0 Å². The molecule has 138 valence electrons. The summed E-state index contributed by atoms with van der Waals surface area (Å²) in [5, 5.41) is 18.8. The summed E-state index contributed by atoms with van der Waals surface area (Å²) in [6.45, 7) is 1.81. The van der Waals surface area contributed by atoms with Gasteiger partial charge in [-0.3, -0.25) is 9.59 Å². The molecule has 8 heteroatoms. The molecule has 24 heavy (non-hydrogen) atoms. The Morgan fingerprint density at radius 2 is 2.00 bits per heavy atom. The third-order valence-corrected chi connectivity index (χ3v) is 5.16. The van der Waals surface area contributed by atoms with Gasteiger partial charge in [0.2, 0.25) is 0 Å². The van der Waals surface area contributed by atoms with Gasteiger partial charge in [0.1, 0.15) is 6.10 Å². The Morgan fingerprint density at radius 3 is 2.67 bits per heavy atom. The van der Waals surface area contributed by atoms with Gasteiger partial charge in [-0.2, -0.15) is 0 Å². The van der Waals surface area contributed by atoms with Crippen LogP contribution in [0.15, 0.2) is 0 Å². The van der Waals surface area contributed by atoms with E-state index in [1.807, 2.05) is 6.92 Å². The molecule has 1 heterocycles. The van der Waals surface area contributed by atoms with E-state index in [4.69, 9.17) is 4.74 Å². The lowest BCUT2D eigenvalue weighted by Gasteiger charge is -2.21. The van der Waals surface area contributed by atoms with Crippen LogP contribution in [-0.4, -0.2) is 64.4 Å². The summed E-state index contributed by atoms with van der Waals surface area (Å²) in [4.78, 5) is 35.6. The van der Waals surface area contributed by atoms with Crippen LogP contribution in [0.3, 0.4) is 0 Å². The summed E-state index contributed by atoms with van der Waals surface area (Å²) in [6, 6.07) is 0. The van der Waals surface area contributed by atoms with Crippen molar-refractivity contribution in [3.63, 3.8) is 0 Å². The van der Waals surface area contributed by atoms with E-state index in [9.17, 15) is 24.6 Å². The van der Waals surface area contributed by atoms with Crippen molar-refractivity contribution in [2.45, 2.75) is 69.0 Å². The van der Waals surface area contributed by atoms with Crippen molar-refractivity contribution in [3.05, 3.63) is 0 Å². The molecule has 4 atom stereocenters. The number of rotatable bonds is 4. The van der Waals surface area contributed by atoms with Crippen molar-refractivity contribution in [1.82, 2.24) is 0 Å². The highest BCUT2D eigenvalue weighted by Crippen LogP contribution is 2.23. The fraction of sp³-hybridized carbons (Fsp3) is 0.812. The van der Waals surface area contributed by atoms with Crippen LogP contribution in [0.25, 0.3) is 0 Å². The highest BCUT2D eigenvalue weighted by atomic mass is 32.2. The number of hydrogen-bond acceptors (Lipinski definition) is 8. The van der Waals surface area contributed by atoms with E-state index < -0.39 is 35.2 Å². The lowest BCUT2D eigenvalue weighted by atomic mass is 10.0. The second-order valence-electron chi connectivity index (χ2n) is 5.92. The number of aliphatic hydroxyl groups excluding tert-OH is 2. The number of ketones is 1. The predicted molar refractivity (Wildman–Crippen MR) is 88.5 cm³/mol. The standard InChI is InChI=1S/C16H26O7S/c1-10-6-4-3-5-7-11(17)15(20)13(8-14(19)23-10)24-9-12(18)16(21)22-2/h10-13,17-18H,3-9H2,1-2H3/t10-,11+,12-,13+/m1/s1. The fourth-order valence-corrected chi connectivity index (χ4v) is 3.56. The van der Waals surface area contributed by atoms with E-state index in [2.05, 4.69) is 4.74 Å². The van der Waals surface area contributed by atoms with Gasteiger partial charge in [-0.05, 0) is 26.2 Å². The third-order valence-electron chi connectivity index (χ3n) is 3.85. The highest BCUT2D eigenvalue weighted by molar-refractivity contribution is 8.00. The molecule has 2 N–H and O–H groups in total. The number of carbonyl (C=O) groups is 3. The summed E-state index contributed by atoms with van der Waals surface area (Å²) in [7, 11) is 1.15. The molecule has 0 aromatic heterocycles. The first-order valence-electron chi connectivity index (χ1n) is 8.14. The van der Waals surface area contributed by atoms with Crippen LogP contribution < -0.4 is 0 Å². The molecule has 0 amide bonds. The van der Waals surface area contributed by atoms with Gasteiger partial charge in [0.15, 0.2) is 11.9 Å². The minimum absolute atomic E-state index is 0.0986. The van der Waals surface area contributed by atoms with Gasteiger partial charge in [0.25, 0.3) is 0 Å². The number of hydrogen-bond donors (Lipinski definition) is 2. The van der Waals surface area contributed by atoms with Crippen LogP contribution in [0.2, 0.25) is 0 Å². The molecule has 1 aliphatic rings. The molecule has 0 aliphatic carbocycles. The largest absolute Gasteiger partial charge is 0.467 e. The van der Waals surface area contributed by atoms with Crippen molar-refractivity contribution in [3.8, 4) is 0 Å². The van der Waals surface area contributed by atoms with Crippen LogP contribution in [-0.2, 0) is 23.9 Å². The van der Waals surface area contributed by atoms with Gasteiger partial charge >= 0.3 is 11.9 Å². The van der Waals surface area contributed by atoms with Crippen LogP contribution >= 0.6 is 11.8 Å². The third kappa shape index (κ3) is 7.19. The maximum Gasteiger partial charge on any atom is 0.335 e. The first kappa shape index (κ1) is 20.9. The number of carbonyl (C=O) groups excluding carboxylic acids is 3. The van der Waals surface area contributed by atoms with E-state index in [0.717, 1.165) is 44.6 Å². The number of aliphatic hydroxyl groups is 2. The Kier molecular flexibility index (Phi) is 9.31. The molecule has 0 spiro atoms. The maximum atomic E-state index is 12.4. The monoisotopic (exact) mass is 362 g/mol. The van der Waals surface area contributed by atoms with Gasteiger partial charge in [0.05, 0.1) is 24.9 Å². The number of esters is 2. The summed E-state index contributed by atoms with van der Waals surface area (Å²) in [5.74, 6) is -1.89. The van der Waals surface area contributed by atoms with Gasteiger partial charge in [-0.15, -0.1) is 11.8 Å². The zero-order valence-corrected chi connectivity index (χ0v) is 14.9. The summed E-state index contributed by atoms with van der Waals surface area (Å²) in [5.41, 5.74) is 0. The number of cyclic esters (lactones) is 1. The molecule has 7 nitrogen and oxygen atoms in total. The quantitative estimate of drug-likeness (QED) is 0.708. The Morgan fingerprint density at radius 1 is 1.33 bits per heavy atom. The molecule has 1 saturated heterocycles. The Balaban J connectivity index is 2.74. The lowest BCUT2D eigenvalue weighted by Crippen LogP contribution is -2.35. The molecule has 0 unspecified atom stereocenters. The summed E-state index contributed by atoms with van der Waals surface area (Å²) in [6.07, 6.45) is 0.582. The zero-order chi connectivity index (χ0) is 18.1. The zero-order valence-electron chi connectivity index (χ0n) is 14.1. The van der Waals surface area contributed by atoms with Crippen LogP contribution in [0, 0.1) is 0 Å². The second kappa shape index (κ2) is 10.7. The highest BCUT2D eigenvalue weighted by Gasteiger charge is 2.31. The van der Waals surface area contributed by atoms with Gasteiger partial charge < -0.3 is 19.7 Å². The Hall–Kier alpha value is -1.12. The number of Topliss-reactive ketones (excluding diaryl/α,β-unsaturated/α-hetero) is 1. The van der Waals surface area contributed by atoms with E-state index in [-0.39, 0.29) is 18.3 Å². The van der Waals surface area contributed by atoms with E-state index in [0.29, 0.717) is 6.42 Å². The Labute approximate surface area is 146 Å². The van der Waals surface area contributed by atoms with E-state index in [1.165, 1.54) is 0 Å². The average Bonchev–Trinajstić information content (AvgIpc) is 2.55. The molecule has 0 bridgehead atoms. The topological polar surface area (TPSA) is 110 Å². The number of thioether (sulfide) groups is 1. The van der Waals surface area contributed by atoms with Crippen molar-refractivity contribution in [2.24, 2.45) is 0 Å². The first-order chi connectivity index (χ1) is 11.3. The van der Waals surface area contributed by atoms with Gasteiger partial charge in [-0.25, -0.2) is 4.79 Å². The minimum Gasteiger partial charge on any atom is -0.467 e. The predicted octanol–water partition coefficient (Wildman–Crippen LogP) is 0.838. The van der Waals surface area contributed by atoms with Crippen molar-refractivity contribution in [1.29, 1.82) is 0 Å². The van der Waals surface area contributed by atoms with E-state index >= 15 is 0 Å². The van der Waals surface area contributed by atoms with Crippen LogP contribution in [0.5, 0.6) is 0 Å². The Bertz CT molecular complexity index is 440. The molecule has 0 radical (unpaired) electrons. The van der Waals surface area contributed by atoms with Crippen molar-refractivity contribution in [2.75, 3.05) is 12.9 Å². The molecule has 0 aromatic rings. The molecular formula is C16H26O7S. The summed E-state index contributed by atoms with van der Waals surface area (Å²) >= 11 is 0.955. The molecule has 1 rings (SSSR count). The number of methoxy groups -OCH3 is 1. The number of ether oxygens (including phenoxy) is 2. The SMILES string of the molecule is COC(=O)[C@H](O)CS[C@H]1CC(=O)O[C@H](C)CCCCC[C@H](O)C1=O. The van der Waals surface area contributed by atoms with Gasteiger partial charge in [-0.1, -0.05) is 12.8 Å². The fourth-order valence-electron chi connectivity index (χ4n) is 2.44. The smallest absolute Gasteiger partial charge is 0.335 e. The molecular weight excluding hydrogens is 336 g/mol. The van der Waals surface area contributed by atoms with Crippen molar-refractivity contribution < 1.29 is 34.1 Å². The lowest BCUT2D eigenvalue weighted by molar-refractivity contribution is -0.150. The minimum atomic E-state index is -1.39. The normalized spacial score (nSPS) is 28.2. The maximum absolute atomic E-state index is 12.4. The molecule has 1 fully saturated rings. The second-order valence-corrected chi connectivity index (χ2v) is 7.16. The van der Waals surface area contributed by atoms with Crippen LogP contribution in [0.1, 0.15) is 45.4 Å². The van der Waals surface area contributed by atoms with Crippen LogP contribution in [0.4, 0.5) is 0 Å². The van der Waals surface area contributed by atoms with Crippen molar-refractivity contribution >= 4 is 29.5 Å². The molecule has 0 aromatic carbocycles. The average molecular weight is 362 g/mol. The van der Waals surface area contributed by atoms with Gasteiger partial charge in [0, 0.05) is 5.75 Å².